The molecule has 0 saturated carbocycles. The third-order valence-electron chi connectivity index (χ3n) is 3.72. The lowest BCUT2D eigenvalue weighted by Gasteiger charge is -2.18. The van der Waals surface area contributed by atoms with Crippen LogP contribution in [0.25, 0.3) is 0 Å². The Labute approximate surface area is 134 Å². The first-order valence-corrected chi connectivity index (χ1v) is 7.99. The largest absolute Gasteiger partial charge is 0.481 e. The SMILES string of the molecule is COC(=O)c1cc(S(=O)(=O)N2C[C@@H](C(F)(F)F)[C@H](C(=O)O)C2)c[nH]1. The van der Waals surface area contributed by atoms with Gasteiger partial charge in [0, 0.05) is 19.3 Å². The fourth-order valence-corrected chi connectivity index (χ4v) is 3.93. The van der Waals surface area contributed by atoms with Crippen LogP contribution in [0.2, 0.25) is 0 Å². The van der Waals surface area contributed by atoms with Crippen molar-refractivity contribution in [1.29, 1.82) is 0 Å². The van der Waals surface area contributed by atoms with Crippen LogP contribution in [-0.4, -0.2) is 61.1 Å². The van der Waals surface area contributed by atoms with Crippen LogP contribution in [0, 0.1) is 11.8 Å². The van der Waals surface area contributed by atoms with E-state index >= 15 is 0 Å². The number of halogens is 3. The Kier molecular flexibility index (Phi) is 4.63. The summed E-state index contributed by atoms with van der Waals surface area (Å²) in [5.41, 5.74) is -0.197. The van der Waals surface area contributed by atoms with Gasteiger partial charge in [-0.3, -0.25) is 4.79 Å². The summed E-state index contributed by atoms with van der Waals surface area (Å²) in [6, 6.07) is 0.915. The van der Waals surface area contributed by atoms with Gasteiger partial charge in [0.1, 0.15) is 10.6 Å². The highest BCUT2D eigenvalue weighted by Gasteiger charge is 2.55. The quantitative estimate of drug-likeness (QED) is 0.753. The molecule has 8 nitrogen and oxygen atoms in total. The summed E-state index contributed by atoms with van der Waals surface area (Å²) in [6.07, 6.45) is -3.92. The zero-order valence-electron chi connectivity index (χ0n) is 12.2. The van der Waals surface area contributed by atoms with Crippen molar-refractivity contribution in [3.63, 3.8) is 0 Å². The molecule has 0 bridgehead atoms. The summed E-state index contributed by atoms with van der Waals surface area (Å²) >= 11 is 0. The van der Waals surface area contributed by atoms with E-state index < -0.39 is 58.0 Å². The maximum Gasteiger partial charge on any atom is 0.393 e. The van der Waals surface area contributed by atoms with Crippen molar-refractivity contribution in [3.8, 4) is 0 Å². The molecular formula is C12H13F3N2O6S. The number of aromatic amines is 1. The highest BCUT2D eigenvalue weighted by atomic mass is 32.2. The molecular weight excluding hydrogens is 357 g/mol. The molecule has 12 heteroatoms. The van der Waals surface area contributed by atoms with Crippen LogP contribution in [-0.2, 0) is 19.6 Å². The number of hydrogen-bond acceptors (Lipinski definition) is 5. The van der Waals surface area contributed by atoms with Gasteiger partial charge in [-0.25, -0.2) is 13.2 Å². The lowest BCUT2D eigenvalue weighted by molar-refractivity contribution is -0.187. The number of carbonyl (C=O) groups is 2. The number of methoxy groups -OCH3 is 1. The van der Waals surface area contributed by atoms with E-state index in [2.05, 4.69) is 9.72 Å². The van der Waals surface area contributed by atoms with E-state index in [1.807, 2.05) is 0 Å². The van der Waals surface area contributed by atoms with E-state index in [0.29, 0.717) is 4.31 Å². The Morgan fingerprint density at radius 1 is 1.38 bits per heavy atom. The fourth-order valence-electron chi connectivity index (χ4n) is 2.45. The van der Waals surface area contributed by atoms with Crippen molar-refractivity contribution >= 4 is 22.0 Å². The number of carboxylic acids is 1. The van der Waals surface area contributed by atoms with Crippen LogP contribution < -0.4 is 0 Å². The van der Waals surface area contributed by atoms with Crippen LogP contribution in [0.15, 0.2) is 17.2 Å². The summed E-state index contributed by atoms with van der Waals surface area (Å²) in [5.74, 6) is -6.77. The number of aliphatic carboxylic acids is 1. The second kappa shape index (κ2) is 6.09. The van der Waals surface area contributed by atoms with E-state index in [1.165, 1.54) is 0 Å². The average molecular weight is 370 g/mol. The average Bonchev–Trinajstić information content (AvgIpc) is 3.13. The van der Waals surface area contributed by atoms with Crippen LogP contribution in [0.1, 0.15) is 10.5 Å². The molecule has 1 saturated heterocycles. The molecule has 2 atom stereocenters. The number of esters is 1. The Morgan fingerprint density at radius 2 is 2.00 bits per heavy atom. The summed E-state index contributed by atoms with van der Waals surface area (Å²) in [5, 5.41) is 8.92. The summed E-state index contributed by atoms with van der Waals surface area (Å²) in [4.78, 5) is 24.2. The number of hydrogen-bond donors (Lipinski definition) is 2. The van der Waals surface area contributed by atoms with Gasteiger partial charge >= 0.3 is 18.1 Å². The predicted octanol–water partition coefficient (Wildman–Crippen LogP) is 0.685. The van der Waals surface area contributed by atoms with Crippen molar-refractivity contribution < 1.29 is 41.0 Å². The molecule has 134 valence electrons. The smallest absolute Gasteiger partial charge is 0.393 e. The van der Waals surface area contributed by atoms with Crippen LogP contribution in [0.5, 0.6) is 0 Å². The first kappa shape index (κ1) is 18.3. The molecule has 0 unspecified atom stereocenters. The topological polar surface area (TPSA) is 117 Å². The number of aromatic nitrogens is 1. The molecule has 0 aromatic carbocycles. The maximum atomic E-state index is 12.9. The molecule has 0 spiro atoms. The van der Waals surface area contributed by atoms with Gasteiger partial charge in [0.2, 0.25) is 10.0 Å². The number of rotatable bonds is 4. The molecule has 2 N–H and O–H groups in total. The van der Waals surface area contributed by atoms with E-state index in [0.717, 1.165) is 19.4 Å². The molecule has 24 heavy (non-hydrogen) atoms. The fraction of sp³-hybridized carbons (Fsp3) is 0.500. The van der Waals surface area contributed by atoms with Crippen molar-refractivity contribution in [2.75, 3.05) is 20.2 Å². The van der Waals surface area contributed by atoms with E-state index in [4.69, 9.17) is 5.11 Å². The number of alkyl halides is 3. The lowest BCUT2D eigenvalue weighted by Crippen LogP contribution is -2.34. The van der Waals surface area contributed by atoms with Crippen LogP contribution in [0.4, 0.5) is 13.2 Å². The Bertz CT molecular complexity index is 757. The Morgan fingerprint density at radius 3 is 2.46 bits per heavy atom. The van der Waals surface area contributed by atoms with Gasteiger partial charge in [0.05, 0.1) is 18.9 Å². The highest BCUT2D eigenvalue weighted by molar-refractivity contribution is 7.89. The molecule has 0 amide bonds. The van der Waals surface area contributed by atoms with E-state index in [1.54, 1.807) is 0 Å². The molecule has 0 radical (unpaired) electrons. The van der Waals surface area contributed by atoms with Gasteiger partial charge < -0.3 is 14.8 Å². The van der Waals surface area contributed by atoms with Gasteiger partial charge in [0.25, 0.3) is 0 Å². The van der Waals surface area contributed by atoms with Crippen molar-refractivity contribution in [2.45, 2.75) is 11.1 Å². The molecule has 2 heterocycles. The first-order chi connectivity index (χ1) is 11.0. The zero-order chi connectivity index (χ0) is 18.3. The molecule has 0 aliphatic carbocycles. The zero-order valence-corrected chi connectivity index (χ0v) is 13.0. The maximum absolute atomic E-state index is 12.9. The molecule has 1 aromatic rings. The third kappa shape index (κ3) is 3.24. The summed E-state index contributed by atoms with van der Waals surface area (Å²) in [7, 11) is -3.32. The second-order valence-corrected chi connectivity index (χ2v) is 7.09. The Hall–Kier alpha value is -2.08. The standard InChI is InChI=1S/C12H13F3N2O6S/c1-23-11(20)9-2-6(3-16-9)24(21,22)17-4-7(10(18)19)8(5-17)12(13,14)15/h2-3,7-8,16H,4-5H2,1H3,(H,18,19)/t7-,8-/m1/s1. The molecule has 1 aromatic heterocycles. The number of ether oxygens (including phenoxy) is 1. The van der Waals surface area contributed by atoms with Gasteiger partial charge in [-0.05, 0) is 6.07 Å². The predicted molar refractivity (Wildman–Crippen MR) is 71.6 cm³/mol. The van der Waals surface area contributed by atoms with Gasteiger partial charge in [0.15, 0.2) is 0 Å². The van der Waals surface area contributed by atoms with Gasteiger partial charge in [-0.1, -0.05) is 0 Å². The molecule has 1 aliphatic heterocycles. The van der Waals surface area contributed by atoms with Crippen molar-refractivity contribution in [2.24, 2.45) is 11.8 Å². The van der Waals surface area contributed by atoms with E-state index in [9.17, 15) is 31.2 Å². The van der Waals surface area contributed by atoms with Crippen LogP contribution in [0.3, 0.4) is 0 Å². The number of carbonyl (C=O) groups excluding carboxylic acids is 1. The minimum Gasteiger partial charge on any atom is -0.481 e. The summed E-state index contributed by atoms with van der Waals surface area (Å²) in [6.45, 7) is -1.80. The number of sulfonamides is 1. The van der Waals surface area contributed by atoms with Crippen molar-refractivity contribution in [1.82, 2.24) is 9.29 Å². The molecule has 2 rings (SSSR count). The number of carboxylic acid groups (broad SMARTS) is 1. The monoisotopic (exact) mass is 370 g/mol. The highest BCUT2D eigenvalue weighted by Crippen LogP contribution is 2.39. The molecule has 1 fully saturated rings. The Balaban J connectivity index is 2.32. The minimum absolute atomic E-state index is 0.197. The second-order valence-electron chi connectivity index (χ2n) is 5.16. The molecule has 1 aliphatic rings. The third-order valence-corrected chi connectivity index (χ3v) is 5.53. The van der Waals surface area contributed by atoms with Crippen LogP contribution >= 0.6 is 0 Å². The summed E-state index contributed by atoms with van der Waals surface area (Å²) < 4.78 is 68.4. The van der Waals surface area contributed by atoms with E-state index in [-0.39, 0.29) is 5.69 Å². The van der Waals surface area contributed by atoms with Crippen molar-refractivity contribution in [3.05, 3.63) is 18.0 Å². The number of nitrogens with one attached hydrogen (secondary N) is 1. The normalized spacial score (nSPS) is 22.5. The first-order valence-electron chi connectivity index (χ1n) is 6.55. The lowest BCUT2D eigenvalue weighted by atomic mass is 9.96. The number of nitrogens with zero attached hydrogens (tertiary/aromatic N) is 1. The minimum atomic E-state index is -4.84. The van der Waals surface area contributed by atoms with Gasteiger partial charge in [-0.2, -0.15) is 17.5 Å². The van der Waals surface area contributed by atoms with Gasteiger partial charge in [-0.15, -0.1) is 0 Å². The number of H-pyrrole nitrogens is 1.